The molecule has 4 aromatic heterocycles. The lowest BCUT2D eigenvalue weighted by atomic mass is 9.97. The van der Waals surface area contributed by atoms with Crippen LogP contribution in [0.25, 0.3) is 21.8 Å². The zero-order valence-corrected chi connectivity index (χ0v) is 17.4. The standard InChI is InChI=1S/C20H20N6OS2/c1-2-9-26-18(13-7-5-10-27-13)24-25-20(26)28-11-15-22-17(21)16-12-6-3-4-8-14(12)29-19(16)23-15/h2,5,7,10H,1,3-4,6,8-9,11H2,(H2,21,22,23). The highest BCUT2D eigenvalue weighted by Crippen LogP contribution is 2.38. The minimum atomic E-state index is 0.566. The molecule has 0 amide bonds. The number of nitrogens with zero attached hydrogens (tertiary/aromatic N) is 5. The molecule has 0 fully saturated rings. The predicted molar refractivity (Wildman–Crippen MR) is 116 cm³/mol. The second-order valence-corrected chi connectivity index (χ2v) is 8.91. The third-order valence-corrected chi connectivity index (χ3v) is 7.14. The second-order valence-electron chi connectivity index (χ2n) is 6.89. The van der Waals surface area contributed by atoms with E-state index in [1.807, 2.05) is 22.8 Å². The fraction of sp³-hybridized carbons (Fsp3) is 0.300. The van der Waals surface area contributed by atoms with Crippen LogP contribution in [0.15, 0.2) is 40.6 Å². The summed E-state index contributed by atoms with van der Waals surface area (Å²) in [6.07, 6.45) is 8.11. The molecule has 0 saturated carbocycles. The molecule has 1 aliphatic carbocycles. The molecule has 0 aromatic carbocycles. The van der Waals surface area contributed by atoms with Crippen molar-refractivity contribution in [3.63, 3.8) is 0 Å². The maximum absolute atomic E-state index is 6.33. The Bertz CT molecular complexity index is 1180. The van der Waals surface area contributed by atoms with E-state index in [2.05, 4.69) is 21.8 Å². The van der Waals surface area contributed by atoms with E-state index in [9.17, 15) is 0 Å². The number of hydrogen-bond acceptors (Lipinski definition) is 8. The number of nitrogen functional groups attached to an aromatic ring is 1. The average Bonchev–Trinajstić information content (AvgIpc) is 3.45. The smallest absolute Gasteiger partial charge is 0.200 e. The van der Waals surface area contributed by atoms with Gasteiger partial charge in [-0.1, -0.05) is 17.8 Å². The van der Waals surface area contributed by atoms with Gasteiger partial charge in [0.15, 0.2) is 10.9 Å². The third kappa shape index (κ3) is 3.34. The van der Waals surface area contributed by atoms with Gasteiger partial charge in [-0.2, -0.15) is 0 Å². The molecule has 0 aliphatic heterocycles. The summed E-state index contributed by atoms with van der Waals surface area (Å²) < 4.78 is 7.45. The number of allylic oxidation sites excluding steroid dienone is 1. The van der Waals surface area contributed by atoms with Gasteiger partial charge in [-0.05, 0) is 43.4 Å². The summed E-state index contributed by atoms with van der Waals surface area (Å²) in [6, 6.07) is 3.70. The van der Waals surface area contributed by atoms with Crippen LogP contribution in [0.5, 0.6) is 0 Å². The SMILES string of the molecule is C=CCn1c(SCc2nc(N)c3c4c(sc3n2)CCCC4)nnc1-c1ccco1. The van der Waals surface area contributed by atoms with E-state index < -0.39 is 0 Å². The molecule has 29 heavy (non-hydrogen) atoms. The topological polar surface area (TPSA) is 95.7 Å². The van der Waals surface area contributed by atoms with Crippen LogP contribution < -0.4 is 5.73 Å². The van der Waals surface area contributed by atoms with Gasteiger partial charge in [0.1, 0.15) is 16.5 Å². The Balaban J connectivity index is 1.43. The van der Waals surface area contributed by atoms with Crippen molar-refractivity contribution < 1.29 is 4.42 Å². The molecule has 9 heteroatoms. The summed E-state index contributed by atoms with van der Waals surface area (Å²) in [5.74, 6) is 3.23. The van der Waals surface area contributed by atoms with Crippen molar-refractivity contribution in [3.05, 3.63) is 47.3 Å². The van der Waals surface area contributed by atoms with Gasteiger partial charge in [0.25, 0.3) is 0 Å². The summed E-state index contributed by atoms with van der Waals surface area (Å²) in [5, 5.41) is 10.4. The normalized spacial score (nSPS) is 13.7. The number of thiophene rings is 1. The van der Waals surface area contributed by atoms with Gasteiger partial charge in [-0.3, -0.25) is 4.57 Å². The molecule has 0 radical (unpaired) electrons. The van der Waals surface area contributed by atoms with E-state index in [-0.39, 0.29) is 0 Å². The predicted octanol–water partition coefficient (Wildman–Crippen LogP) is 4.48. The third-order valence-electron chi connectivity index (χ3n) is 4.99. The number of nitrogens with two attached hydrogens (primary N) is 1. The fourth-order valence-electron chi connectivity index (χ4n) is 3.70. The molecule has 2 N–H and O–H groups in total. The van der Waals surface area contributed by atoms with Crippen LogP contribution >= 0.6 is 23.1 Å². The van der Waals surface area contributed by atoms with Crippen molar-refractivity contribution in [2.75, 3.05) is 5.73 Å². The van der Waals surface area contributed by atoms with Crippen LogP contribution in [-0.2, 0) is 25.1 Å². The summed E-state index contributed by atoms with van der Waals surface area (Å²) in [5.41, 5.74) is 7.69. The number of fused-ring (bicyclic) bond motifs is 3. The molecule has 4 heterocycles. The van der Waals surface area contributed by atoms with Crippen molar-refractivity contribution in [3.8, 4) is 11.6 Å². The summed E-state index contributed by atoms with van der Waals surface area (Å²) in [7, 11) is 0. The Kier molecular flexibility index (Phi) is 4.84. The van der Waals surface area contributed by atoms with Crippen LogP contribution in [-0.4, -0.2) is 24.7 Å². The molecule has 0 spiro atoms. The summed E-state index contributed by atoms with van der Waals surface area (Å²) in [4.78, 5) is 11.8. The Hall–Kier alpha value is -2.65. The highest BCUT2D eigenvalue weighted by atomic mass is 32.2. The van der Waals surface area contributed by atoms with E-state index in [4.69, 9.17) is 15.1 Å². The molecule has 0 saturated heterocycles. The van der Waals surface area contributed by atoms with Crippen molar-refractivity contribution in [2.24, 2.45) is 0 Å². The first kappa shape index (κ1) is 18.4. The first-order chi connectivity index (χ1) is 14.2. The largest absolute Gasteiger partial charge is 0.461 e. The van der Waals surface area contributed by atoms with E-state index in [1.54, 1.807) is 17.6 Å². The van der Waals surface area contributed by atoms with Crippen LogP contribution in [0.2, 0.25) is 0 Å². The Morgan fingerprint density at radius 3 is 3.00 bits per heavy atom. The lowest BCUT2D eigenvalue weighted by Crippen LogP contribution is -2.03. The second kappa shape index (κ2) is 7.64. The van der Waals surface area contributed by atoms with Gasteiger partial charge in [-0.15, -0.1) is 28.1 Å². The Labute approximate surface area is 176 Å². The van der Waals surface area contributed by atoms with Crippen LogP contribution in [0.1, 0.15) is 29.1 Å². The molecule has 4 aromatic rings. The highest BCUT2D eigenvalue weighted by Gasteiger charge is 2.21. The minimum absolute atomic E-state index is 0.566. The number of furan rings is 1. The molecule has 1 aliphatic rings. The molecular weight excluding hydrogens is 404 g/mol. The monoisotopic (exact) mass is 424 g/mol. The first-order valence-corrected chi connectivity index (χ1v) is 11.3. The Morgan fingerprint density at radius 2 is 2.17 bits per heavy atom. The minimum Gasteiger partial charge on any atom is -0.461 e. The van der Waals surface area contributed by atoms with Crippen LogP contribution in [0.4, 0.5) is 5.82 Å². The number of thioether (sulfide) groups is 1. The molecule has 0 unspecified atom stereocenters. The molecular formula is C20H20N6OS2. The summed E-state index contributed by atoms with van der Waals surface area (Å²) >= 11 is 3.30. The van der Waals surface area contributed by atoms with Gasteiger partial charge in [0, 0.05) is 11.4 Å². The van der Waals surface area contributed by atoms with Crippen molar-refractivity contribution in [2.45, 2.75) is 43.1 Å². The number of aryl methyl sites for hydroxylation is 2. The summed E-state index contributed by atoms with van der Waals surface area (Å²) in [6.45, 7) is 4.43. The maximum atomic E-state index is 6.33. The van der Waals surface area contributed by atoms with E-state index >= 15 is 0 Å². The number of rotatable bonds is 6. The molecule has 5 rings (SSSR count). The van der Waals surface area contributed by atoms with Gasteiger partial charge in [0.05, 0.1) is 17.4 Å². The molecule has 0 atom stereocenters. The van der Waals surface area contributed by atoms with Gasteiger partial charge in [-0.25, -0.2) is 9.97 Å². The van der Waals surface area contributed by atoms with E-state index in [0.29, 0.717) is 35.5 Å². The molecule has 7 nitrogen and oxygen atoms in total. The molecule has 148 valence electrons. The number of hydrogen-bond donors (Lipinski definition) is 1. The Morgan fingerprint density at radius 1 is 1.28 bits per heavy atom. The highest BCUT2D eigenvalue weighted by molar-refractivity contribution is 7.98. The quantitative estimate of drug-likeness (QED) is 0.360. The zero-order valence-electron chi connectivity index (χ0n) is 15.8. The molecule has 0 bridgehead atoms. The van der Waals surface area contributed by atoms with Gasteiger partial charge in [0.2, 0.25) is 5.82 Å². The zero-order chi connectivity index (χ0) is 19.8. The van der Waals surface area contributed by atoms with E-state index in [0.717, 1.165) is 28.2 Å². The van der Waals surface area contributed by atoms with E-state index in [1.165, 1.54) is 35.0 Å². The van der Waals surface area contributed by atoms with Crippen molar-refractivity contribution in [1.29, 1.82) is 0 Å². The van der Waals surface area contributed by atoms with Crippen LogP contribution in [0, 0.1) is 0 Å². The lowest BCUT2D eigenvalue weighted by Gasteiger charge is -2.10. The van der Waals surface area contributed by atoms with Crippen LogP contribution in [0.3, 0.4) is 0 Å². The maximum Gasteiger partial charge on any atom is 0.200 e. The lowest BCUT2D eigenvalue weighted by molar-refractivity contribution is 0.569. The number of aromatic nitrogens is 5. The fourth-order valence-corrected chi connectivity index (χ4v) is 5.79. The first-order valence-electron chi connectivity index (χ1n) is 9.52. The van der Waals surface area contributed by atoms with Gasteiger partial charge < -0.3 is 10.2 Å². The van der Waals surface area contributed by atoms with Gasteiger partial charge >= 0.3 is 0 Å². The van der Waals surface area contributed by atoms with Crippen molar-refractivity contribution in [1.82, 2.24) is 24.7 Å². The van der Waals surface area contributed by atoms with Crippen molar-refractivity contribution >= 4 is 39.1 Å². The average molecular weight is 425 g/mol. The number of anilines is 1.